The number of allylic oxidation sites excluding steroid dienone is 1. The molecular weight excluding hydrogens is 431 g/mol. The first kappa shape index (κ1) is 21.9. The Labute approximate surface area is 190 Å². The van der Waals surface area contributed by atoms with Crippen molar-refractivity contribution in [2.45, 2.75) is 13.0 Å². The fourth-order valence-electron chi connectivity index (χ4n) is 3.63. The second-order valence-corrected chi connectivity index (χ2v) is 7.62. The lowest BCUT2D eigenvalue weighted by Gasteiger charge is -2.37. The Morgan fingerprint density at radius 2 is 1.97 bits per heavy atom. The zero-order valence-corrected chi connectivity index (χ0v) is 18.8. The molecule has 4 rings (SSSR count). The largest absolute Gasteiger partial charge is 0.497 e. The first-order valence-electron chi connectivity index (χ1n) is 10.0. The molecule has 0 amide bonds. The summed E-state index contributed by atoms with van der Waals surface area (Å²) in [6, 6.07) is 13.5. The quantitative estimate of drug-likeness (QED) is 0.533. The summed E-state index contributed by atoms with van der Waals surface area (Å²) >= 11 is 5.63. The van der Waals surface area contributed by atoms with Gasteiger partial charge >= 0.3 is 0 Å². The van der Waals surface area contributed by atoms with Crippen molar-refractivity contribution in [2.24, 2.45) is 0 Å². The minimum Gasteiger partial charge on any atom is -0.497 e. The average molecular weight is 455 g/mol. The summed E-state index contributed by atoms with van der Waals surface area (Å²) in [4.78, 5) is 6.52. The third-order valence-electron chi connectivity index (χ3n) is 5.30. The van der Waals surface area contributed by atoms with E-state index in [1.807, 2.05) is 36.1 Å². The first-order valence-corrected chi connectivity index (χ1v) is 10.4. The second kappa shape index (κ2) is 9.46. The Morgan fingerprint density at radius 3 is 2.66 bits per heavy atom. The lowest BCUT2D eigenvalue weighted by atomic mass is 9.94. The van der Waals surface area contributed by atoms with Crippen LogP contribution in [0, 0.1) is 5.82 Å². The van der Waals surface area contributed by atoms with Crippen LogP contribution in [-0.2, 0) is 4.74 Å². The SMILES string of the molecule is COCCN1C(=S)NC(c2ccc(OC)cc2)C(c2nc(-c3cccc(F)c3)no2)=C1C. The van der Waals surface area contributed by atoms with Crippen molar-refractivity contribution >= 4 is 22.9 Å². The molecule has 0 saturated carbocycles. The zero-order chi connectivity index (χ0) is 22.7. The van der Waals surface area contributed by atoms with Gasteiger partial charge in [-0.25, -0.2) is 4.39 Å². The fourth-order valence-corrected chi connectivity index (χ4v) is 3.98. The number of rotatable bonds is 7. The Kier molecular flexibility index (Phi) is 6.48. The molecule has 0 spiro atoms. The molecule has 7 nitrogen and oxygen atoms in total. The van der Waals surface area contributed by atoms with E-state index in [0.717, 1.165) is 22.6 Å². The van der Waals surface area contributed by atoms with Gasteiger partial charge in [-0.1, -0.05) is 29.4 Å². The molecule has 0 fully saturated rings. The number of benzene rings is 2. The minimum absolute atomic E-state index is 0.310. The van der Waals surface area contributed by atoms with Crippen LogP contribution in [0.15, 0.2) is 58.8 Å². The van der Waals surface area contributed by atoms with E-state index < -0.39 is 0 Å². The predicted molar refractivity (Wildman–Crippen MR) is 122 cm³/mol. The summed E-state index contributed by atoms with van der Waals surface area (Å²) in [7, 11) is 3.27. The van der Waals surface area contributed by atoms with Gasteiger partial charge < -0.3 is 24.2 Å². The molecule has 0 radical (unpaired) electrons. The van der Waals surface area contributed by atoms with Crippen molar-refractivity contribution in [1.82, 2.24) is 20.4 Å². The van der Waals surface area contributed by atoms with Crippen molar-refractivity contribution in [3.8, 4) is 17.1 Å². The van der Waals surface area contributed by atoms with Crippen LogP contribution < -0.4 is 10.1 Å². The van der Waals surface area contributed by atoms with Gasteiger partial charge in [-0.2, -0.15) is 4.98 Å². The first-order chi connectivity index (χ1) is 15.5. The molecule has 1 aliphatic heterocycles. The summed E-state index contributed by atoms with van der Waals surface area (Å²) in [6.07, 6.45) is 0. The highest BCUT2D eigenvalue weighted by Gasteiger charge is 2.34. The van der Waals surface area contributed by atoms with Gasteiger partial charge in [0.2, 0.25) is 5.82 Å². The van der Waals surface area contributed by atoms with Gasteiger partial charge in [0.25, 0.3) is 5.89 Å². The summed E-state index contributed by atoms with van der Waals surface area (Å²) < 4.78 is 29.9. The van der Waals surface area contributed by atoms with Crippen molar-refractivity contribution in [1.29, 1.82) is 0 Å². The van der Waals surface area contributed by atoms with Crippen LogP contribution in [0.25, 0.3) is 17.0 Å². The van der Waals surface area contributed by atoms with Crippen LogP contribution in [-0.4, -0.2) is 47.5 Å². The third kappa shape index (κ3) is 4.35. The summed E-state index contributed by atoms with van der Waals surface area (Å²) in [5.41, 5.74) is 3.16. The van der Waals surface area contributed by atoms with E-state index in [1.54, 1.807) is 26.4 Å². The van der Waals surface area contributed by atoms with Crippen LogP contribution in [0.3, 0.4) is 0 Å². The number of halogens is 1. The number of hydrogen-bond donors (Lipinski definition) is 1. The van der Waals surface area contributed by atoms with Crippen molar-refractivity contribution in [3.63, 3.8) is 0 Å². The molecule has 9 heteroatoms. The average Bonchev–Trinajstić information content (AvgIpc) is 3.28. The molecule has 0 aliphatic carbocycles. The smallest absolute Gasteiger partial charge is 0.258 e. The van der Waals surface area contributed by atoms with E-state index in [4.69, 9.17) is 26.2 Å². The van der Waals surface area contributed by atoms with Gasteiger partial charge in [0.1, 0.15) is 11.6 Å². The maximum Gasteiger partial charge on any atom is 0.258 e. The molecule has 0 saturated heterocycles. The van der Waals surface area contributed by atoms with E-state index in [1.165, 1.54) is 12.1 Å². The van der Waals surface area contributed by atoms with Gasteiger partial charge in [-0.15, -0.1) is 0 Å². The van der Waals surface area contributed by atoms with Gasteiger partial charge in [-0.3, -0.25) is 0 Å². The fraction of sp³-hybridized carbons (Fsp3) is 0.261. The number of methoxy groups -OCH3 is 2. The van der Waals surface area contributed by atoms with Crippen molar-refractivity contribution in [2.75, 3.05) is 27.4 Å². The van der Waals surface area contributed by atoms with Crippen LogP contribution >= 0.6 is 12.2 Å². The lowest BCUT2D eigenvalue weighted by Crippen LogP contribution is -2.47. The third-order valence-corrected chi connectivity index (χ3v) is 5.64. The minimum atomic E-state index is -0.365. The van der Waals surface area contributed by atoms with Gasteiger partial charge in [0.05, 0.1) is 25.3 Å². The van der Waals surface area contributed by atoms with Crippen LogP contribution in [0.1, 0.15) is 24.4 Å². The maximum absolute atomic E-state index is 13.7. The highest BCUT2D eigenvalue weighted by molar-refractivity contribution is 7.80. The van der Waals surface area contributed by atoms with Gasteiger partial charge in [0.15, 0.2) is 5.11 Å². The molecule has 1 aromatic heterocycles. The topological polar surface area (TPSA) is 72.7 Å². The van der Waals surface area contributed by atoms with Crippen molar-refractivity contribution < 1.29 is 18.4 Å². The summed E-state index contributed by atoms with van der Waals surface area (Å²) in [5, 5.41) is 8.05. The number of nitrogens with one attached hydrogen (secondary N) is 1. The molecule has 2 heterocycles. The molecule has 1 N–H and O–H groups in total. The predicted octanol–water partition coefficient (Wildman–Crippen LogP) is 4.19. The molecule has 2 aromatic carbocycles. The van der Waals surface area contributed by atoms with Crippen LogP contribution in [0.2, 0.25) is 0 Å². The number of thiocarbonyl (C=S) groups is 1. The van der Waals surface area contributed by atoms with Crippen LogP contribution in [0.5, 0.6) is 5.75 Å². The molecule has 0 bridgehead atoms. The lowest BCUT2D eigenvalue weighted by molar-refractivity contribution is 0.183. The number of nitrogens with zero attached hydrogens (tertiary/aromatic N) is 3. The Morgan fingerprint density at radius 1 is 1.19 bits per heavy atom. The van der Waals surface area contributed by atoms with Gasteiger partial charge in [-0.05, 0) is 49.0 Å². The molecule has 3 aromatic rings. The van der Waals surface area contributed by atoms with Crippen molar-refractivity contribution in [3.05, 3.63) is 71.5 Å². The Bertz CT molecular complexity index is 1150. The second-order valence-electron chi connectivity index (χ2n) is 7.23. The molecule has 32 heavy (non-hydrogen) atoms. The zero-order valence-electron chi connectivity index (χ0n) is 18.0. The summed E-state index contributed by atoms with van der Waals surface area (Å²) in [5.74, 6) is 1.03. The van der Waals surface area contributed by atoms with E-state index in [9.17, 15) is 4.39 Å². The van der Waals surface area contributed by atoms with Gasteiger partial charge in [0, 0.05) is 24.9 Å². The monoisotopic (exact) mass is 454 g/mol. The Balaban J connectivity index is 1.79. The maximum atomic E-state index is 13.7. The van der Waals surface area contributed by atoms with E-state index in [2.05, 4.69) is 15.5 Å². The molecule has 1 unspecified atom stereocenters. The molecular formula is C23H23FN4O3S. The standard InChI is InChI=1S/C23H23FN4O3S/c1-14-19(22-26-21(27-31-22)16-5-4-6-17(24)13-16)20(15-7-9-18(30-3)10-8-15)25-23(32)28(14)11-12-29-2/h4-10,13,20H,11-12H2,1-3H3,(H,25,32). The van der Waals surface area contributed by atoms with Crippen LogP contribution in [0.4, 0.5) is 4.39 Å². The Hall–Kier alpha value is -3.30. The number of aromatic nitrogens is 2. The van der Waals surface area contributed by atoms with E-state index >= 15 is 0 Å². The summed E-state index contributed by atoms with van der Waals surface area (Å²) in [6.45, 7) is 3.02. The van der Waals surface area contributed by atoms with E-state index in [-0.39, 0.29) is 11.9 Å². The highest BCUT2D eigenvalue weighted by atomic mass is 32.1. The normalized spacial score (nSPS) is 16.3. The number of ether oxygens (including phenoxy) is 2. The molecule has 1 atom stereocenters. The molecule has 166 valence electrons. The van der Waals surface area contributed by atoms with E-state index in [0.29, 0.717) is 35.5 Å². The highest BCUT2D eigenvalue weighted by Crippen LogP contribution is 2.37. The number of hydrogen-bond acceptors (Lipinski definition) is 6. The molecule has 1 aliphatic rings.